The van der Waals surface area contributed by atoms with Gasteiger partial charge in [-0.15, -0.1) is 0 Å². The smallest absolute Gasteiger partial charge is 0.310 e. The van der Waals surface area contributed by atoms with Crippen LogP contribution >= 0.6 is 15.9 Å². The Morgan fingerprint density at radius 3 is 2.13 bits per heavy atom. The highest BCUT2D eigenvalue weighted by atomic mass is 79.9. The van der Waals surface area contributed by atoms with Crippen LogP contribution in [-0.2, 0) is 4.79 Å². The molecule has 2 amide bonds. The minimum atomic E-state index is -0.575. The number of nitrogens with one attached hydrogen (secondary N) is 2. The van der Waals surface area contributed by atoms with Crippen LogP contribution in [0.25, 0.3) is 0 Å². The summed E-state index contributed by atoms with van der Waals surface area (Å²) in [6.45, 7) is -0.382. The molecule has 0 bridgehead atoms. The molecule has 30 heavy (non-hydrogen) atoms. The van der Waals surface area contributed by atoms with Gasteiger partial charge in [0.2, 0.25) is 0 Å². The van der Waals surface area contributed by atoms with Crippen molar-refractivity contribution >= 4 is 44.8 Å². The first-order valence-electron chi connectivity index (χ1n) is 8.75. The number of nitro benzene ring substituents is 1. The van der Waals surface area contributed by atoms with Gasteiger partial charge >= 0.3 is 5.69 Å². The fraction of sp³-hybridized carbons (Fsp3) is 0.0476. The third-order valence-corrected chi connectivity index (χ3v) is 4.48. The lowest BCUT2D eigenvalue weighted by atomic mass is 10.2. The van der Waals surface area contributed by atoms with Gasteiger partial charge < -0.3 is 15.4 Å². The van der Waals surface area contributed by atoms with Crippen LogP contribution < -0.4 is 15.4 Å². The topological polar surface area (TPSA) is 111 Å². The number of benzene rings is 3. The number of nitro groups is 1. The molecule has 2 N–H and O–H groups in total. The minimum absolute atomic E-state index is 0.0173. The molecule has 3 aromatic carbocycles. The molecule has 0 unspecified atom stereocenters. The highest BCUT2D eigenvalue weighted by Gasteiger charge is 2.15. The van der Waals surface area contributed by atoms with Crippen LogP contribution in [-0.4, -0.2) is 23.3 Å². The number of carbonyl (C=O) groups excluding carboxylic acids is 2. The van der Waals surface area contributed by atoms with Crippen molar-refractivity contribution in [3.05, 3.63) is 92.9 Å². The van der Waals surface area contributed by atoms with E-state index in [1.165, 1.54) is 18.2 Å². The number of amides is 2. The maximum Gasteiger partial charge on any atom is 0.310 e. The lowest BCUT2D eigenvalue weighted by molar-refractivity contribution is -0.385. The monoisotopic (exact) mass is 469 g/mol. The second kappa shape index (κ2) is 9.66. The molecule has 0 saturated heterocycles. The van der Waals surface area contributed by atoms with E-state index in [1.807, 2.05) is 0 Å². The molecule has 8 nitrogen and oxygen atoms in total. The number of hydrogen-bond acceptors (Lipinski definition) is 5. The van der Waals surface area contributed by atoms with Gasteiger partial charge in [0.15, 0.2) is 12.4 Å². The molecule has 0 fully saturated rings. The van der Waals surface area contributed by atoms with Crippen molar-refractivity contribution in [2.75, 3.05) is 17.2 Å². The Balaban J connectivity index is 1.54. The average Bonchev–Trinajstić information content (AvgIpc) is 2.74. The van der Waals surface area contributed by atoms with E-state index in [0.717, 1.165) is 4.47 Å². The third-order valence-electron chi connectivity index (χ3n) is 3.95. The van der Waals surface area contributed by atoms with Gasteiger partial charge in [-0.25, -0.2) is 0 Å². The van der Waals surface area contributed by atoms with E-state index in [-0.39, 0.29) is 24.0 Å². The molecule has 9 heteroatoms. The van der Waals surface area contributed by atoms with Crippen molar-refractivity contribution in [3.63, 3.8) is 0 Å². The van der Waals surface area contributed by atoms with E-state index in [9.17, 15) is 19.7 Å². The number of rotatable bonds is 7. The zero-order valence-corrected chi connectivity index (χ0v) is 17.1. The number of anilines is 2. The lowest BCUT2D eigenvalue weighted by Gasteiger charge is -2.09. The maximum absolute atomic E-state index is 12.2. The summed E-state index contributed by atoms with van der Waals surface area (Å²) in [5.74, 6) is -0.708. The van der Waals surface area contributed by atoms with Gasteiger partial charge in [-0.2, -0.15) is 0 Å². The van der Waals surface area contributed by atoms with Crippen LogP contribution in [0.15, 0.2) is 77.3 Å². The van der Waals surface area contributed by atoms with Crippen molar-refractivity contribution in [1.82, 2.24) is 0 Å². The zero-order chi connectivity index (χ0) is 21.5. The molecule has 0 saturated carbocycles. The number of para-hydroxylation sites is 2. The van der Waals surface area contributed by atoms with Gasteiger partial charge in [-0.3, -0.25) is 19.7 Å². The van der Waals surface area contributed by atoms with E-state index >= 15 is 0 Å². The summed E-state index contributed by atoms with van der Waals surface area (Å²) in [4.78, 5) is 34.7. The molecule has 0 radical (unpaired) electrons. The first-order valence-corrected chi connectivity index (χ1v) is 9.55. The number of carbonyl (C=O) groups is 2. The van der Waals surface area contributed by atoms with Crippen molar-refractivity contribution in [2.45, 2.75) is 0 Å². The number of nitrogens with zero attached hydrogens (tertiary/aromatic N) is 1. The van der Waals surface area contributed by atoms with Crippen LogP contribution in [0.4, 0.5) is 17.1 Å². The standard InChI is InChI=1S/C21H16BrN3O5/c22-15-7-5-14(6-8-15)21(27)24-17-11-9-16(10-12-17)23-20(26)13-30-19-4-2-1-3-18(19)25(28)29/h1-12H,13H2,(H,23,26)(H,24,27). The van der Waals surface area contributed by atoms with E-state index in [1.54, 1.807) is 54.6 Å². The number of halogens is 1. The summed E-state index contributed by atoms with van der Waals surface area (Å²) in [6, 6.07) is 19.3. The van der Waals surface area contributed by atoms with Crippen molar-refractivity contribution in [2.24, 2.45) is 0 Å². The summed E-state index contributed by atoms with van der Waals surface area (Å²) in [7, 11) is 0. The summed E-state index contributed by atoms with van der Waals surface area (Å²) in [5, 5.41) is 16.4. The predicted octanol–water partition coefficient (Wildman–Crippen LogP) is 4.63. The fourth-order valence-corrected chi connectivity index (χ4v) is 2.78. The molecular weight excluding hydrogens is 454 g/mol. The van der Waals surface area contributed by atoms with Gasteiger partial charge in [0, 0.05) is 27.5 Å². The summed E-state index contributed by atoms with van der Waals surface area (Å²) in [6.07, 6.45) is 0. The number of ether oxygens (including phenoxy) is 1. The van der Waals surface area contributed by atoms with Gasteiger partial charge in [0.25, 0.3) is 11.8 Å². The lowest BCUT2D eigenvalue weighted by Crippen LogP contribution is -2.20. The molecule has 0 spiro atoms. The SMILES string of the molecule is O=C(COc1ccccc1[N+](=O)[O-])Nc1ccc(NC(=O)c2ccc(Br)cc2)cc1. The maximum atomic E-state index is 12.2. The Morgan fingerprint density at radius 2 is 1.50 bits per heavy atom. The first kappa shape index (κ1) is 21.0. The molecule has 0 aliphatic carbocycles. The Hall–Kier alpha value is -3.72. The fourth-order valence-electron chi connectivity index (χ4n) is 2.51. The predicted molar refractivity (Wildman–Crippen MR) is 116 cm³/mol. The quantitative estimate of drug-likeness (QED) is 0.387. The van der Waals surface area contributed by atoms with E-state index in [0.29, 0.717) is 16.9 Å². The summed E-state index contributed by atoms with van der Waals surface area (Å²) >= 11 is 3.32. The van der Waals surface area contributed by atoms with Crippen LogP contribution in [0.3, 0.4) is 0 Å². The second-order valence-corrected chi connectivity index (χ2v) is 7.02. The van der Waals surface area contributed by atoms with Crippen LogP contribution in [0, 0.1) is 10.1 Å². The average molecular weight is 470 g/mol. The van der Waals surface area contributed by atoms with Gasteiger partial charge in [0.1, 0.15) is 0 Å². The zero-order valence-electron chi connectivity index (χ0n) is 15.5. The molecule has 3 aromatic rings. The van der Waals surface area contributed by atoms with Crippen molar-refractivity contribution in [3.8, 4) is 5.75 Å². The Morgan fingerprint density at radius 1 is 0.900 bits per heavy atom. The van der Waals surface area contributed by atoms with E-state index < -0.39 is 10.8 Å². The first-order chi connectivity index (χ1) is 14.4. The molecule has 0 atom stereocenters. The van der Waals surface area contributed by atoms with Gasteiger partial charge in [-0.1, -0.05) is 28.1 Å². The highest BCUT2D eigenvalue weighted by Crippen LogP contribution is 2.25. The summed E-state index contributed by atoms with van der Waals surface area (Å²) in [5.41, 5.74) is 1.36. The van der Waals surface area contributed by atoms with Gasteiger partial charge in [0.05, 0.1) is 4.92 Å². The molecular formula is C21H16BrN3O5. The van der Waals surface area contributed by atoms with E-state index in [4.69, 9.17) is 4.74 Å². The molecule has 0 aliphatic rings. The van der Waals surface area contributed by atoms with E-state index in [2.05, 4.69) is 26.6 Å². The normalized spacial score (nSPS) is 10.2. The van der Waals surface area contributed by atoms with Crippen molar-refractivity contribution < 1.29 is 19.2 Å². The Labute approximate surface area is 180 Å². The van der Waals surface area contributed by atoms with Crippen LogP contribution in [0.5, 0.6) is 5.75 Å². The largest absolute Gasteiger partial charge is 0.477 e. The van der Waals surface area contributed by atoms with Crippen LogP contribution in [0.1, 0.15) is 10.4 Å². The van der Waals surface area contributed by atoms with Crippen molar-refractivity contribution in [1.29, 1.82) is 0 Å². The molecule has 0 aromatic heterocycles. The number of hydrogen-bond donors (Lipinski definition) is 2. The molecule has 0 aliphatic heterocycles. The Bertz CT molecular complexity index is 1070. The second-order valence-electron chi connectivity index (χ2n) is 6.10. The third kappa shape index (κ3) is 5.65. The Kier molecular flexibility index (Phi) is 6.76. The molecule has 3 rings (SSSR count). The molecule has 152 valence electrons. The minimum Gasteiger partial charge on any atom is -0.477 e. The van der Waals surface area contributed by atoms with Gasteiger partial charge in [-0.05, 0) is 54.6 Å². The summed E-state index contributed by atoms with van der Waals surface area (Å²) < 4.78 is 6.13. The van der Waals surface area contributed by atoms with Crippen LogP contribution in [0.2, 0.25) is 0 Å². The molecule has 0 heterocycles. The highest BCUT2D eigenvalue weighted by molar-refractivity contribution is 9.10.